The molecule has 0 bridgehead atoms. The van der Waals surface area contributed by atoms with Crippen molar-refractivity contribution in [2.24, 2.45) is 5.11 Å². The van der Waals surface area contributed by atoms with Crippen molar-refractivity contribution in [3.8, 4) is 11.5 Å². The number of amides is 1. The minimum atomic E-state index is -0.715. The van der Waals surface area contributed by atoms with E-state index in [0.29, 0.717) is 28.2 Å². The summed E-state index contributed by atoms with van der Waals surface area (Å²) in [4.78, 5) is 14.1. The van der Waals surface area contributed by atoms with Gasteiger partial charge >= 0.3 is 0 Å². The molecule has 0 aliphatic carbocycles. The Morgan fingerprint density at radius 2 is 1.62 bits per heavy atom. The summed E-state index contributed by atoms with van der Waals surface area (Å²) in [5.41, 5.74) is 10.3. The number of hydrogen-bond acceptors (Lipinski definition) is 5. The molecule has 0 radical (unpaired) electrons. The number of methoxy groups -OCH3 is 2. The van der Waals surface area contributed by atoms with E-state index in [1.807, 2.05) is 18.2 Å². The summed E-state index contributed by atoms with van der Waals surface area (Å²) in [5, 5.41) is 25.7. The first kappa shape index (κ1) is 20.2. The maximum atomic E-state index is 11.6. The smallest absolute Gasteiger partial charge is 0.242 e. The number of rotatable bonds is 6. The van der Waals surface area contributed by atoms with Gasteiger partial charge in [0, 0.05) is 16.0 Å². The second-order valence-corrected chi connectivity index (χ2v) is 6.24. The van der Waals surface area contributed by atoms with E-state index in [9.17, 15) is 15.0 Å². The fourth-order valence-electron chi connectivity index (χ4n) is 3.33. The number of carbonyl (C=O) groups excluding carboxylic acids is 1. The SMILES string of the molecule is COc1cc2cc(C=CC(=O)N=[N+]=[N-])c3cc(OC)c(CO)cc3c2cc1CO. The van der Waals surface area contributed by atoms with Crippen molar-refractivity contribution >= 4 is 33.5 Å². The highest BCUT2D eigenvalue weighted by Gasteiger charge is 2.13. The van der Waals surface area contributed by atoms with Gasteiger partial charge in [-0.25, -0.2) is 0 Å². The summed E-state index contributed by atoms with van der Waals surface area (Å²) in [5.74, 6) is 0.328. The van der Waals surface area contributed by atoms with E-state index >= 15 is 0 Å². The third kappa shape index (κ3) is 3.86. The molecule has 0 spiro atoms. The Kier molecular flexibility index (Phi) is 5.99. The van der Waals surface area contributed by atoms with Crippen LogP contribution in [0.15, 0.2) is 41.5 Å². The molecule has 8 nitrogen and oxygen atoms in total. The van der Waals surface area contributed by atoms with E-state index in [1.54, 1.807) is 18.2 Å². The normalized spacial score (nSPS) is 11.0. The van der Waals surface area contributed by atoms with Crippen molar-refractivity contribution in [1.29, 1.82) is 0 Å². The molecule has 1 amide bonds. The zero-order valence-electron chi connectivity index (χ0n) is 15.9. The Labute approximate surface area is 166 Å². The quantitative estimate of drug-likeness (QED) is 0.216. The molecule has 0 saturated carbocycles. The molecule has 3 rings (SSSR count). The topological polar surface area (TPSA) is 125 Å². The lowest BCUT2D eigenvalue weighted by molar-refractivity contribution is -0.113. The molecule has 0 aliphatic heterocycles. The molecular weight excluding hydrogens is 374 g/mol. The van der Waals surface area contributed by atoms with Crippen LogP contribution in [-0.2, 0) is 18.0 Å². The van der Waals surface area contributed by atoms with Gasteiger partial charge < -0.3 is 19.7 Å². The van der Waals surface area contributed by atoms with Gasteiger partial charge in [-0.2, -0.15) is 0 Å². The van der Waals surface area contributed by atoms with Crippen LogP contribution in [0.1, 0.15) is 16.7 Å². The van der Waals surface area contributed by atoms with Gasteiger partial charge in [-0.05, 0) is 74.2 Å². The largest absolute Gasteiger partial charge is 0.496 e. The average molecular weight is 393 g/mol. The van der Waals surface area contributed by atoms with E-state index in [0.717, 1.165) is 21.5 Å². The number of carbonyl (C=O) groups is 1. The fraction of sp³-hybridized carbons (Fsp3) is 0.190. The zero-order chi connectivity index (χ0) is 21.0. The number of hydrogen-bond donors (Lipinski definition) is 2. The first-order valence-corrected chi connectivity index (χ1v) is 8.69. The summed E-state index contributed by atoms with van der Waals surface area (Å²) in [6.45, 7) is -0.398. The predicted molar refractivity (Wildman–Crippen MR) is 110 cm³/mol. The molecule has 8 heteroatoms. The Morgan fingerprint density at radius 3 is 2.21 bits per heavy atom. The molecule has 0 saturated heterocycles. The lowest BCUT2D eigenvalue weighted by atomic mass is 9.93. The van der Waals surface area contributed by atoms with Crippen molar-refractivity contribution < 1.29 is 24.5 Å². The van der Waals surface area contributed by atoms with Crippen LogP contribution in [0.2, 0.25) is 0 Å². The van der Waals surface area contributed by atoms with Crippen LogP contribution in [0.25, 0.3) is 38.1 Å². The van der Waals surface area contributed by atoms with Gasteiger partial charge in [0.15, 0.2) is 0 Å². The van der Waals surface area contributed by atoms with E-state index in [2.05, 4.69) is 10.0 Å². The number of nitrogens with zero attached hydrogens (tertiary/aromatic N) is 3. The number of aliphatic hydroxyl groups is 2. The molecule has 3 aromatic rings. The highest BCUT2D eigenvalue weighted by molar-refractivity contribution is 6.12. The summed E-state index contributed by atoms with van der Waals surface area (Å²) < 4.78 is 10.7. The molecule has 3 aromatic carbocycles. The van der Waals surface area contributed by atoms with Gasteiger partial charge in [-0.15, -0.1) is 0 Å². The van der Waals surface area contributed by atoms with E-state index in [1.165, 1.54) is 20.3 Å². The van der Waals surface area contributed by atoms with Crippen LogP contribution in [0.4, 0.5) is 0 Å². The first-order valence-electron chi connectivity index (χ1n) is 8.69. The molecule has 148 valence electrons. The van der Waals surface area contributed by atoms with Crippen molar-refractivity contribution in [2.75, 3.05) is 14.2 Å². The zero-order valence-corrected chi connectivity index (χ0v) is 15.9. The number of aliphatic hydroxyl groups excluding tert-OH is 2. The lowest BCUT2D eigenvalue weighted by Crippen LogP contribution is -1.96. The van der Waals surface area contributed by atoms with Crippen molar-refractivity contribution in [2.45, 2.75) is 13.2 Å². The Balaban J connectivity index is 2.40. The molecule has 0 unspecified atom stereocenters. The molecule has 0 heterocycles. The van der Waals surface area contributed by atoms with Gasteiger partial charge in [-0.3, -0.25) is 4.79 Å². The van der Waals surface area contributed by atoms with E-state index < -0.39 is 5.91 Å². The summed E-state index contributed by atoms with van der Waals surface area (Å²) in [6, 6.07) is 9.09. The maximum absolute atomic E-state index is 11.6. The highest BCUT2D eigenvalue weighted by atomic mass is 16.5. The Hall–Kier alpha value is -3.58. The molecule has 0 fully saturated rings. The Bertz CT molecular complexity index is 1180. The van der Waals surface area contributed by atoms with Gasteiger partial charge in [0.1, 0.15) is 11.5 Å². The number of fused-ring (bicyclic) bond motifs is 3. The summed E-state index contributed by atoms with van der Waals surface area (Å²) in [7, 11) is 3.03. The lowest BCUT2D eigenvalue weighted by Gasteiger charge is -2.15. The maximum Gasteiger partial charge on any atom is 0.242 e. The van der Waals surface area contributed by atoms with Gasteiger partial charge in [0.25, 0.3) is 0 Å². The molecule has 0 aliphatic rings. The average Bonchev–Trinajstić information content (AvgIpc) is 2.75. The molecule has 0 aromatic heterocycles. The minimum absolute atomic E-state index is 0.189. The van der Waals surface area contributed by atoms with Crippen molar-refractivity contribution in [1.82, 2.24) is 0 Å². The predicted octanol–water partition coefficient (Wildman–Crippen LogP) is 3.84. The van der Waals surface area contributed by atoms with E-state index in [-0.39, 0.29) is 13.2 Å². The van der Waals surface area contributed by atoms with Crippen molar-refractivity contribution in [3.05, 3.63) is 63.5 Å². The third-order valence-corrected chi connectivity index (χ3v) is 4.67. The van der Waals surface area contributed by atoms with Crippen LogP contribution in [0.5, 0.6) is 11.5 Å². The third-order valence-electron chi connectivity index (χ3n) is 4.67. The van der Waals surface area contributed by atoms with Crippen LogP contribution >= 0.6 is 0 Å². The fourth-order valence-corrected chi connectivity index (χ4v) is 3.33. The second-order valence-electron chi connectivity index (χ2n) is 6.24. The van der Waals surface area contributed by atoms with Gasteiger partial charge in [0.2, 0.25) is 5.91 Å². The van der Waals surface area contributed by atoms with E-state index in [4.69, 9.17) is 15.0 Å². The summed E-state index contributed by atoms with van der Waals surface area (Å²) in [6.07, 6.45) is 2.75. The van der Waals surface area contributed by atoms with Gasteiger partial charge in [-0.1, -0.05) is 6.08 Å². The number of ether oxygens (including phenoxy) is 2. The molecule has 0 atom stereocenters. The number of benzene rings is 3. The Morgan fingerprint density at radius 1 is 1.00 bits per heavy atom. The standard InChI is InChI=1S/C21H19N3O5/c1-28-19-8-13-5-12(3-4-21(27)23-24-22)17-9-20(29-2)15(11-26)7-18(17)16(13)6-14(19)10-25/h3-9,25-26H,10-11H2,1-2H3. The monoisotopic (exact) mass is 393 g/mol. The molecule has 29 heavy (non-hydrogen) atoms. The van der Waals surface area contributed by atoms with Crippen LogP contribution in [0.3, 0.4) is 0 Å². The molecule has 2 N–H and O–H groups in total. The minimum Gasteiger partial charge on any atom is -0.496 e. The number of azide groups is 1. The molecular formula is C21H19N3O5. The van der Waals surface area contributed by atoms with Crippen molar-refractivity contribution in [3.63, 3.8) is 0 Å². The van der Waals surface area contributed by atoms with Crippen LogP contribution in [-0.4, -0.2) is 30.3 Å². The van der Waals surface area contributed by atoms with Gasteiger partial charge in [0.05, 0.1) is 27.4 Å². The highest BCUT2D eigenvalue weighted by Crippen LogP contribution is 2.37. The first-order chi connectivity index (χ1) is 14.1. The summed E-state index contributed by atoms with van der Waals surface area (Å²) >= 11 is 0. The van der Waals surface area contributed by atoms with Crippen LogP contribution < -0.4 is 9.47 Å². The van der Waals surface area contributed by atoms with Crippen LogP contribution in [0, 0.1) is 0 Å². The second kappa shape index (κ2) is 8.62.